The Morgan fingerprint density at radius 1 is 0.531 bits per heavy atom. The number of benzene rings is 6. The highest BCUT2D eigenvalue weighted by Crippen LogP contribution is 2.45. The van der Waals surface area contributed by atoms with Gasteiger partial charge in [-0.25, -0.2) is 0 Å². The molecule has 0 spiro atoms. The van der Waals surface area contributed by atoms with E-state index in [1.807, 2.05) is 27.7 Å². The summed E-state index contributed by atoms with van der Waals surface area (Å²) >= 11 is 0. The van der Waals surface area contributed by atoms with Crippen molar-refractivity contribution >= 4 is 43.6 Å². The molecule has 6 heteroatoms. The van der Waals surface area contributed by atoms with Crippen LogP contribution in [0, 0.1) is 45.9 Å². The van der Waals surface area contributed by atoms with Crippen LogP contribution in [0.4, 0.5) is 13.2 Å². The number of aryl methyl sites for hydroxylation is 5. The van der Waals surface area contributed by atoms with Gasteiger partial charge < -0.3 is 9.13 Å². The van der Waals surface area contributed by atoms with Crippen molar-refractivity contribution in [3.8, 4) is 28.6 Å². The number of nitrogens with zero attached hydrogens (tertiary/aromatic N) is 3. The van der Waals surface area contributed by atoms with Gasteiger partial charge in [-0.15, -0.1) is 0 Å². The van der Waals surface area contributed by atoms with Gasteiger partial charge in [0.05, 0.1) is 50.6 Å². The van der Waals surface area contributed by atoms with Gasteiger partial charge in [0.25, 0.3) is 0 Å². The minimum absolute atomic E-state index is 0.0152. The first-order chi connectivity index (χ1) is 23.4. The van der Waals surface area contributed by atoms with E-state index in [0.29, 0.717) is 16.9 Å². The molecule has 2 heterocycles. The van der Waals surface area contributed by atoms with Gasteiger partial charge in [0.1, 0.15) is 0 Å². The van der Waals surface area contributed by atoms with E-state index in [4.69, 9.17) is 0 Å². The molecular formula is C43H32F3N3. The topological polar surface area (TPSA) is 33.6 Å². The SMILES string of the molecule is Cc1ccc2c3ccc(C)cc3n(-c3cc(C#N)c(-c4c(C)cccc4C(F)(F)F)cc3-n3c4cc(C)ccc4c4ccc(C)cc43)c2c1. The molecule has 0 atom stereocenters. The van der Waals surface area contributed by atoms with Crippen LogP contribution in [0.1, 0.15) is 38.9 Å². The molecule has 0 unspecified atom stereocenters. The molecule has 3 nitrogen and oxygen atoms in total. The van der Waals surface area contributed by atoms with Crippen molar-refractivity contribution in [2.75, 3.05) is 0 Å². The quantitative estimate of drug-likeness (QED) is 0.188. The van der Waals surface area contributed by atoms with Crippen LogP contribution in [0.2, 0.25) is 0 Å². The number of aromatic nitrogens is 2. The fourth-order valence-electron chi connectivity index (χ4n) is 7.49. The van der Waals surface area contributed by atoms with Gasteiger partial charge in [-0.2, -0.15) is 18.4 Å². The second kappa shape index (κ2) is 10.9. The molecule has 6 aromatic carbocycles. The lowest BCUT2D eigenvalue weighted by Gasteiger charge is -2.22. The Labute approximate surface area is 282 Å². The summed E-state index contributed by atoms with van der Waals surface area (Å²) in [4.78, 5) is 0. The molecule has 2 aromatic heterocycles. The first-order valence-electron chi connectivity index (χ1n) is 16.2. The number of alkyl halides is 3. The summed E-state index contributed by atoms with van der Waals surface area (Å²) in [5, 5.41) is 14.9. The summed E-state index contributed by atoms with van der Waals surface area (Å²) in [5.41, 5.74) is 9.56. The smallest absolute Gasteiger partial charge is 0.307 e. The summed E-state index contributed by atoms with van der Waals surface area (Å²) in [7, 11) is 0. The average molecular weight is 648 g/mol. The second-order valence-corrected chi connectivity index (χ2v) is 13.2. The van der Waals surface area contributed by atoms with Crippen LogP contribution < -0.4 is 0 Å². The van der Waals surface area contributed by atoms with Crippen molar-refractivity contribution in [1.29, 1.82) is 5.26 Å². The van der Waals surface area contributed by atoms with Gasteiger partial charge in [0.15, 0.2) is 0 Å². The van der Waals surface area contributed by atoms with E-state index in [1.54, 1.807) is 25.1 Å². The largest absolute Gasteiger partial charge is 0.417 e. The van der Waals surface area contributed by atoms with Gasteiger partial charge in [-0.3, -0.25) is 0 Å². The molecule has 0 aliphatic heterocycles. The highest BCUT2D eigenvalue weighted by molar-refractivity contribution is 6.12. The zero-order valence-corrected chi connectivity index (χ0v) is 27.8. The van der Waals surface area contributed by atoms with Gasteiger partial charge in [-0.1, -0.05) is 60.7 Å². The van der Waals surface area contributed by atoms with E-state index in [0.717, 1.165) is 71.9 Å². The van der Waals surface area contributed by atoms with Crippen molar-refractivity contribution in [1.82, 2.24) is 9.13 Å². The summed E-state index contributed by atoms with van der Waals surface area (Å²) in [6.45, 7) is 9.85. The molecule has 0 amide bonds. The van der Waals surface area contributed by atoms with Gasteiger partial charge in [-0.05, 0) is 110 Å². The number of hydrogen-bond donors (Lipinski definition) is 0. The maximum absolute atomic E-state index is 14.7. The summed E-state index contributed by atoms with van der Waals surface area (Å²) < 4.78 is 48.3. The van der Waals surface area contributed by atoms with E-state index in [1.165, 1.54) is 6.07 Å². The maximum atomic E-state index is 14.7. The number of rotatable bonds is 3. The Bertz CT molecular complexity index is 2600. The first-order valence-corrected chi connectivity index (χ1v) is 16.2. The van der Waals surface area contributed by atoms with Crippen LogP contribution in [0.25, 0.3) is 66.1 Å². The molecule has 8 aromatic rings. The van der Waals surface area contributed by atoms with E-state index in [2.05, 4.69) is 88.0 Å². The molecule has 0 aliphatic rings. The fraction of sp³-hybridized carbons (Fsp3) is 0.140. The minimum atomic E-state index is -4.62. The molecule has 240 valence electrons. The van der Waals surface area contributed by atoms with Crippen LogP contribution in [-0.4, -0.2) is 9.13 Å². The molecule has 0 saturated heterocycles. The van der Waals surface area contributed by atoms with Crippen LogP contribution in [0.5, 0.6) is 0 Å². The lowest BCUT2D eigenvalue weighted by Crippen LogP contribution is -2.10. The Hall–Kier alpha value is -5.80. The summed E-state index contributed by atoms with van der Waals surface area (Å²) in [5.74, 6) is 0. The van der Waals surface area contributed by atoms with Crippen molar-refractivity contribution in [2.45, 2.75) is 40.8 Å². The molecule has 0 fully saturated rings. The third kappa shape index (κ3) is 4.72. The third-order valence-electron chi connectivity index (χ3n) is 9.72. The molecule has 8 rings (SSSR count). The van der Waals surface area contributed by atoms with Gasteiger partial charge >= 0.3 is 6.18 Å². The van der Waals surface area contributed by atoms with Crippen LogP contribution in [-0.2, 0) is 6.18 Å². The average Bonchev–Trinajstić information content (AvgIpc) is 3.53. The van der Waals surface area contributed by atoms with Crippen molar-refractivity contribution in [3.05, 3.63) is 142 Å². The maximum Gasteiger partial charge on any atom is 0.417 e. The van der Waals surface area contributed by atoms with Crippen molar-refractivity contribution < 1.29 is 13.2 Å². The Morgan fingerprint density at radius 2 is 0.939 bits per heavy atom. The lowest BCUT2D eigenvalue weighted by atomic mass is 9.90. The van der Waals surface area contributed by atoms with Crippen LogP contribution in [0.3, 0.4) is 0 Å². The van der Waals surface area contributed by atoms with E-state index in [-0.39, 0.29) is 16.7 Å². The summed E-state index contributed by atoms with van der Waals surface area (Å²) in [6, 6.07) is 35.4. The molecule has 0 aliphatic carbocycles. The van der Waals surface area contributed by atoms with Gasteiger partial charge in [0, 0.05) is 27.1 Å². The third-order valence-corrected chi connectivity index (χ3v) is 9.72. The Balaban J connectivity index is 1.63. The van der Waals surface area contributed by atoms with Crippen molar-refractivity contribution in [2.24, 2.45) is 0 Å². The highest BCUT2D eigenvalue weighted by atomic mass is 19.4. The monoisotopic (exact) mass is 647 g/mol. The normalized spacial score (nSPS) is 12.1. The van der Waals surface area contributed by atoms with E-state index in [9.17, 15) is 18.4 Å². The second-order valence-electron chi connectivity index (χ2n) is 13.2. The number of hydrogen-bond acceptors (Lipinski definition) is 1. The molecule has 0 radical (unpaired) electrons. The molecule has 0 bridgehead atoms. The van der Waals surface area contributed by atoms with Crippen molar-refractivity contribution in [3.63, 3.8) is 0 Å². The van der Waals surface area contributed by atoms with Crippen LogP contribution >= 0.6 is 0 Å². The molecular weight excluding hydrogens is 615 g/mol. The Morgan fingerprint density at radius 3 is 1.33 bits per heavy atom. The molecule has 0 saturated carbocycles. The molecule has 49 heavy (non-hydrogen) atoms. The Kier molecular flexibility index (Phi) is 6.77. The highest BCUT2D eigenvalue weighted by Gasteiger charge is 2.35. The van der Waals surface area contributed by atoms with Gasteiger partial charge in [0.2, 0.25) is 0 Å². The predicted octanol–water partition coefficient (Wildman–Crippen LogP) is 12.0. The fourth-order valence-corrected chi connectivity index (χ4v) is 7.49. The lowest BCUT2D eigenvalue weighted by molar-refractivity contribution is -0.137. The summed E-state index contributed by atoms with van der Waals surface area (Å²) in [6.07, 6.45) is -4.62. The first kappa shape index (κ1) is 30.5. The van der Waals surface area contributed by atoms with E-state index >= 15 is 0 Å². The predicted molar refractivity (Wildman–Crippen MR) is 194 cm³/mol. The standard InChI is InChI=1S/C43H32F3N3/c1-24-9-13-30-31-14-10-25(2)18-37(31)48(36(30)17-24)40-21-29(23-47)34(42-28(5)7-6-8-35(42)43(44,45)46)22-41(40)49-38-19-26(3)11-15-32(38)33-16-12-27(4)20-39(33)49/h6-22H,1-5H3. The zero-order chi connectivity index (χ0) is 34.4. The minimum Gasteiger partial charge on any atom is -0.307 e. The number of nitriles is 1. The number of halogens is 3. The zero-order valence-electron chi connectivity index (χ0n) is 27.8. The van der Waals surface area contributed by atoms with E-state index < -0.39 is 11.7 Å². The molecule has 0 N–H and O–H groups in total. The number of fused-ring (bicyclic) bond motifs is 6. The van der Waals surface area contributed by atoms with Crippen LogP contribution in [0.15, 0.2) is 103 Å².